The first-order chi connectivity index (χ1) is 15.1. The van der Waals surface area contributed by atoms with Crippen LogP contribution in [0.25, 0.3) is 11.1 Å². The smallest absolute Gasteiger partial charge is 0.410 e. The molecule has 0 aromatic heterocycles. The molecule has 1 N–H and O–H groups in total. The number of hydrogen-bond acceptors (Lipinski definition) is 3. The molecule has 4 nitrogen and oxygen atoms in total. The molecule has 1 heterocycles. The minimum atomic E-state index is -0.609. The number of rotatable bonds is 4. The molecule has 2 aliphatic carbocycles. The van der Waals surface area contributed by atoms with Gasteiger partial charge in [-0.25, -0.2) is 4.79 Å². The number of benzene rings is 2. The Balaban J connectivity index is 1.28. The Labute approximate surface area is 185 Å². The van der Waals surface area contributed by atoms with Crippen molar-refractivity contribution in [3.05, 3.63) is 59.7 Å². The fraction of sp³-hybridized carbons (Fsp3) is 0.519. The lowest BCUT2D eigenvalue weighted by Gasteiger charge is -2.41. The largest absolute Gasteiger partial charge is 0.448 e. The van der Waals surface area contributed by atoms with Crippen molar-refractivity contribution in [2.75, 3.05) is 13.2 Å². The van der Waals surface area contributed by atoms with Crippen LogP contribution in [0.2, 0.25) is 0 Å². The number of nitrogens with zero attached hydrogens (tertiary/aromatic N) is 1. The predicted molar refractivity (Wildman–Crippen MR) is 122 cm³/mol. The first-order valence-corrected chi connectivity index (χ1v) is 12.0. The number of aliphatic hydroxyl groups is 1. The highest BCUT2D eigenvalue weighted by molar-refractivity contribution is 5.79. The molecule has 3 aliphatic rings. The summed E-state index contributed by atoms with van der Waals surface area (Å²) in [6.45, 7) is 1.10. The average Bonchev–Trinajstić information content (AvgIpc) is 3.12. The van der Waals surface area contributed by atoms with Gasteiger partial charge in [0, 0.05) is 18.5 Å². The molecule has 5 rings (SSSR count). The van der Waals surface area contributed by atoms with E-state index in [4.69, 9.17) is 4.74 Å². The summed E-state index contributed by atoms with van der Waals surface area (Å²) in [5.41, 5.74) is 4.36. The fourth-order valence-electron chi connectivity index (χ4n) is 5.98. The van der Waals surface area contributed by atoms with Crippen molar-refractivity contribution in [3.63, 3.8) is 0 Å². The summed E-state index contributed by atoms with van der Waals surface area (Å²) < 4.78 is 5.94. The molecule has 31 heavy (non-hydrogen) atoms. The Kier molecular flexibility index (Phi) is 5.75. The van der Waals surface area contributed by atoms with Gasteiger partial charge in [-0.15, -0.1) is 0 Å². The maximum atomic E-state index is 13.2. The van der Waals surface area contributed by atoms with Crippen molar-refractivity contribution < 1.29 is 14.6 Å². The van der Waals surface area contributed by atoms with E-state index in [1.54, 1.807) is 0 Å². The molecule has 1 unspecified atom stereocenters. The van der Waals surface area contributed by atoms with Crippen LogP contribution in [0.1, 0.15) is 74.8 Å². The summed E-state index contributed by atoms with van der Waals surface area (Å²) in [6, 6.07) is 17.0. The molecular weight excluding hydrogens is 386 g/mol. The highest BCUT2D eigenvalue weighted by atomic mass is 16.6. The van der Waals surface area contributed by atoms with E-state index in [2.05, 4.69) is 48.5 Å². The minimum absolute atomic E-state index is 0.0853. The van der Waals surface area contributed by atoms with Gasteiger partial charge in [-0.2, -0.15) is 0 Å². The third kappa shape index (κ3) is 4.10. The van der Waals surface area contributed by atoms with Gasteiger partial charge in [0.15, 0.2) is 0 Å². The summed E-state index contributed by atoms with van der Waals surface area (Å²) in [4.78, 5) is 15.1. The third-order valence-electron chi connectivity index (χ3n) is 7.60. The summed E-state index contributed by atoms with van der Waals surface area (Å²) >= 11 is 0. The van der Waals surface area contributed by atoms with Gasteiger partial charge >= 0.3 is 6.09 Å². The van der Waals surface area contributed by atoms with Crippen LogP contribution in [0.5, 0.6) is 0 Å². The molecule has 1 saturated heterocycles. The first kappa shape index (κ1) is 20.6. The van der Waals surface area contributed by atoms with Crippen molar-refractivity contribution >= 4 is 6.09 Å². The molecule has 2 aromatic rings. The molecule has 0 radical (unpaired) electrons. The molecule has 164 valence electrons. The maximum absolute atomic E-state index is 13.2. The van der Waals surface area contributed by atoms with Crippen molar-refractivity contribution in [2.24, 2.45) is 0 Å². The van der Waals surface area contributed by atoms with E-state index in [0.717, 1.165) is 51.5 Å². The van der Waals surface area contributed by atoms with Gasteiger partial charge in [0.2, 0.25) is 0 Å². The van der Waals surface area contributed by atoms with Gasteiger partial charge in [-0.3, -0.25) is 0 Å². The highest BCUT2D eigenvalue weighted by Gasteiger charge is 2.38. The molecule has 4 heteroatoms. The second kappa shape index (κ2) is 8.66. The summed E-state index contributed by atoms with van der Waals surface area (Å²) in [6.07, 6.45) is 8.69. The Morgan fingerprint density at radius 3 is 2.26 bits per heavy atom. The van der Waals surface area contributed by atoms with Gasteiger partial charge in [0.25, 0.3) is 0 Å². The number of likely N-dealkylation sites (tertiary alicyclic amines) is 1. The molecular formula is C27H33NO3. The first-order valence-electron chi connectivity index (χ1n) is 12.0. The number of amides is 1. The van der Waals surface area contributed by atoms with Gasteiger partial charge in [0.1, 0.15) is 6.61 Å². The minimum Gasteiger partial charge on any atom is -0.448 e. The van der Waals surface area contributed by atoms with E-state index in [-0.39, 0.29) is 18.1 Å². The summed E-state index contributed by atoms with van der Waals surface area (Å²) in [7, 11) is 0. The number of piperidine rings is 1. The molecule has 1 saturated carbocycles. The molecule has 0 bridgehead atoms. The lowest BCUT2D eigenvalue weighted by molar-refractivity contribution is -0.0324. The zero-order chi connectivity index (χ0) is 21.3. The normalized spacial score (nSPS) is 22.6. The van der Waals surface area contributed by atoms with Gasteiger partial charge < -0.3 is 14.7 Å². The van der Waals surface area contributed by atoms with Crippen LogP contribution >= 0.6 is 0 Å². The number of fused-ring (bicyclic) bond motifs is 3. The van der Waals surface area contributed by atoms with E-state index in [1.165, 1.54) is 28.7 Å². The standard InChI is InChI=1S/C27H33NO3/c29-26(28-17-9-6-10-20(28)18-27(30)15-7-1-8-16-27)31-19-25-23-13-4-2-11-21(23)22-12-3-5-14-24(22)25/h2-5,11-14,20,25,30H,1,6-10,15-19H2. The molecule has 2 aromatic carbocycles. The summed E-state index contributed by atoms with van der Waals surface area (Å²) in [5, 5.41) is 11.1. The van der Waals surface area contributed by atoms with Crippen LogP contribution in [0.15, 0.2) is 48.5 Å². The van der Waals surface area contributed by atoms with Crippen molar-refractivity contribution in [2.45, 2.75) is 75.3 Å². The molecule has 1 aliphatic heterocycles. The van der Waals surface area contributed by atoms with Gasteiger partial charge in [-0.05, 0) is 60.8 Å². The fourth-order valence-corrected chi connectivity index (χ4v) is 5.98. The lowest BCUT2D eigenvalue weighted by Crippen LogP contribution is -2.48. The van der Waals surface area contributed by atoms with E-state index in [1.807, 2.05) is 4.90 Å². The van der Waals surface area contributed by atoms with Crippen LogP contribution in [0, 0.1) is 0 Å². The van der Waals surface area contributed by atoms with Crippen molar-refractivity contribution in [1.29, 1.82) is 0 Å². The monoisotopic (exact) mass is 419 g/mol. The SMILES string of the molecule is O=C(OCC1c2ccccc2-c2ccccc21)N1CCCCC1CC1(O)CCCCC1. The number of ether oxygens (including phenoxy) is 1. The van der Waals surface area contributed by atoms with E-state index in [0.29, 0.717) is 13.0 Å². The Bertz CT molecular complexity index is 888. The van der Waals surface area contributed by atoms with Crippen LogP contribution in [0.4, 0.5) is 4.79 Å². The van der Waals surface area contributed by atoms with Crippen LogP contribution in [-0.4, -0.2) is 40.9 Å². The third-order valence-corrected chi connectivity index (χ3v) is 7.60. The summed E-state index contributed by atoms with van der Waals surface area (Å²) in [5.74, 6) is 0.0853. The number of carbonyl (C=O) groups is 1. The Hall–Kier alpha value is -2.33. The average molecular weight is 420 g/mol. The zero-order valence-electron chi connectivity index (χ0n) is 18.3. The van der Waals surface area contributed by atoms with Crippen LogP contribution < -0.4 is 0 Å². The maximum Gasteiger partial charge on any atom is 0.410 e. The number of hydrogen-bond donors (Lipinski definition) is 1. The Morgan fingerprint density at radius 2 is 1.58 bits per heavy atom. The molecule has 1 amide bonds. The lowest BCUT2D eigenvalue weighted by atomic mass is 9.79. The topological polar surface area (TPSA) is 49.8 Å². The molecule has 0 spiro atoms. The van der Waals surface area contributed by atoms with E-state index < -0.39 is 5.60 Å². The zero-order valence-corrected chi connectivity index (χ0v) is 18.3. The van der Waals surface area contributed by atoms with Crippen molar-refractivity contribution in [1.82, 2.24) is 4.90 Å². The van der Waals surface area contributed by atoms with Gasteiger partial charge in [-0.1, -0.05) is 67.8 Å². The van der Waals surface area contributed by atoms with E-state index >= 15 is 0 Å². The second-order valence-electron chi connectivity index (χ2n) is 9.64. The van der Waals surface area contributed by atoms with Crippen LogP contribution in [0.3, 0.4) is 0 Å². The van der Waals surface area contributed by atoms with Gasteiger partial charge in [0.05, 0.1) is 5.60 Å². The Morgan fingerprint density at radius 1 is 0.935 bits per heavy atom. The molecule has 2 fully saturated rings. The number of carbonyl (C=O) groups excluding carboxylic acids is 1. The van der Waals surface area contributed by atoms with Crippen LogP contribution in [-0.2, 0) is 4.74 Å². The quantitative estimate of drug-likeness (QED) is 0.674. The van der Waals surface area contributed by atoms with E-state index in [9.17, 15) is 9.90 Å². The predicted octanol–water partition coefficient (Wildman–Crippen LogP) is 5.88. The molecule has 1 atom stereocenters. The van der Waals surface area contributed by atoms with Crippen molar-refractivity contribution in [3.8, 4) is 11.1 Å². The highest BCUT2D eigenvalue weighted by Crippen LogP contribution is 2.44. The second-order valence-corrected chi connectivity index (χ2v) is 9.64.